The molecule has 2 unspecified atom stereocenters. The third-order valence-corrected chi connectivity index (χ3v) is 4.87. The number of hydrogen-bond acceptors (Lipinski definition) is 4. The fraction of sp³-hybridized carbons (Fsp3) is 0.500. The van der Waals surface area contributed by atoms with E-state index in [0.29, 0.717) is 13.0 Å². The number of nitrogens with zero attached hydrogens (tertiary/aromatic N) is 2. The summed E-state index contributed by atoms with van der Waals surface area (Å²) in [4.78, 5) is 8.91. The van der Waals surface area contributed by atoms with Gasteiger partial charge in [0.2, 0.25) is 5.92 Å². The van der Waals surface area contributed by atoms with Crippen LogP contribution in [-0.4, -0.2) is 15.9 Å². The van der Waals surface area contributed by atoms with E-state index in [1.807, 2.05) is 17.5 Å². The zero-order valence-electron chi connectivity index (χ0n) is 12.6. The lowest BCUT2D eigenvalue weighted by molar-refractivity contribution is -0.0172. The van der Waals surface area contributed by atoms with Crippen molar-refractivity contribution in [2.75, 3.05) is 0 Å². The van der Waals surface area contributed by atoms with E-state index in [1.165, 1.54) is 18.3 Å². The summed E-state index contributed by atoms with van der Waals surface area (Å²) in [6.07, 6.45) is 1.17. The highest BCUT2D eigenvalue weighted by atomic mass is 32.1. The van der Waals surface area contributed by atoms with Gasteiger partial charge in [-0.2, -0.15) is 4.98 Å². The highest BCUT2D eigenvalue weighted by Crippen LogP contribution is 2.52. The van der Waals surface area contributed by atoms with Crippen LogP contribution < -0.4 is 4.74 Å². The molecule has 0 aliphatic heterocycles. The van der Waals surface area contributed by atoms with Gasteiger partial charge in [0.05, 0.1) is 11.9 Å². The number of alkyl halides is 2. The molecule has 0 spiro atoms. The van der Waals surface area contributed by atoms with Crippen molar-refractivity contribution < 1.29 is 17.9 Å². The predicted molar refractivity (Wildman–Crippen MR) is 81.3 cm³/mol. The number of aromatic nitrogens is 2. The summed E-state index contributed by atoms with van der Waals surface area (Å²) in [7, 11) is 0. The summed E-state index contributed by atoms with van der Waals surface area (Å²) in [5, 5.41) is 1.93. The first-order valence-corrected chi connectivity index (χ1v) is 8.42. The topological polar surface area (TPSA) is 35.0 Å². The van der Waals surface area contributed by atoms with Gasteiger partial charge >= 0.3 is 6.01 Å². The molecule has 0 radical (unpaired) electrons. The molecular formula is C16H17F3N2OS. The van der Waals surface area contributed by atoms with Crippen LogP contribution in [0.3, 0.4) is 0 Å². The minimum atomic E-state index is -2.69. The highest BCUT2D eigenvalue weighted by molar-refractivity contribution is 7.09. The van der Waals surface area contributed by atoms with Crippen molar-refractivity contribution >= 4 is 11.3 Å². The molecule has 2 heterocycles. The van der Waals surface area contributed by atoms with E-state index in [-0.39, 0.29) is 36.4 Å². The Morgan fingerprint density at radius 1 is 1.43 bits per heavy atom. The van der Waals surface area contributed by atoms with Gasteiger partial charge in [-0.25, -0.2) is 18.2 Å². The number of ether oxygens (including phenoxy) is 1. The maximum absolute atomic E-state index is 13.9. The smallest absolute Gasteiger partial charge is 0.317 e. The Morgan fingerprint density at radius 3 is 2.96 bits per heavy atom. The van der Waals surface area contributed by atoms with Crippen LogP contribution in [0.1, 0.15) is 42.7 Å². The summed E-state index contributed by atoms with van der Waals surface area (Å²) in [5.41, 5.74) is 0.193. The first-order valence-electron chi connectivity index (χ1n) is 7.54. The fourth-order valence-electron chi connectivity index (χ4n) is 2.56. The number of rotatable bonds is 7. The highest BCUT2D eigenvalue weighted by Gasteiger charge is 2.46. The molecule has 1 aliphatic rings. The molecule has 23 heavy (non-hydrogen) atoms. The van der Waals surface area contributed by atoms with Gasteiger partial charge in [0, 0.05) is 23.6 Å². The normalized spacial score (nSPS) is 20.5. The van der Waals surface area contributed by atoms with E-state index in [9.17, 15) is 13.2 Å². The monoisotopic (exact) mass is 342 g/mol. The molecule has 0 bridgehead atoms. The number of thiophene rings is 1. The third kappa shape index (κ3) is 4.02. The van der Waals surface area contributed by atoms with Crippen molar-refractivity contribution in [3.63, 3.8) is 0 Å². The Labute approximate surface area is 136 Å². The van der Waals surface area contributed by atoms with E-state index in [0.717, 1.165) is 11.1 Å². The summed E-state index contributed by atoms with van der Waals surface area (Å²) < 4.78 is 46.2. The molecule has 124 valence electrons. The Morgan fingerprint density at radius 2 is 2.26 bits per heavy atom. The minimum Gasteiger partial charge on any atom is -0.458 e. The molecule has 1 fully saturated rings. The van der Waals surface area contributed by atoms with Crippen molar-refractivity contribution in [1.82, 2.24) is 9.97 Å². The zero-order chi connectivity index (χ0) is 16.4. The minimum absolute atomic E-state index is 0.0858. The van der Waals surface area contributed by atoms with Gasteiger partial charge in [-0.1, -0.05) is 13.0 Å². The first kappa shape index (κ1) is 16.2. The van der Waals surface area contributed by atoms with Crippen LogP contribution >= 0.6 is 11.3 Å². The summed E-state index contributed by atoms with van der Waals surface area (Å²) >= 11 is 1.54. The maximum Gasteiger partial charge on any atom is 0.317 e. The number of hydrogen-bond donors (Lipinski definition) is 0. The van der Waals surface area contributed by atoms with Crippen LogP contribution in [0.25, 0.3) is 0 Å². The summed E-state index contributed by atoms with van der Waals surface area (Å²) in [6.45, 7) is 1.77. The molecule has 2 aromatic rings. The second-order valence-corrected chi connectivity index (χ2v) is 6.80. The Bertz CT molecular complexity index is 663. The van der Waals surface area contributed by atoms with Gasteiger partial charge < -0.3 is 4.74 Å². The quantitative estimate of drug-likeness (QED) is 0.725. The standard InChI is InChI=1S/C16H17F3N2OS/c1-2-16(18,19)7-10-6-12(10)14-13(17)8-20-15(21-14)22-9-11-4-3-5-23-11/h3-5,8,10,12H,2,6-7,9H2,1H3. The molecule has 0 N–H and O–H groups in total. The third-order valence-electron chi connectivity index (χ3n) is 4.02. The zero-order valence-corrected chi connectivity index (χ0v) is 13.5. The van der Waals surface area contributed by atoms with Gasteiger partial charge in [0.25, 0.3) is 0 Å². The molecular weight excluding hydrogens is 325 g/mol. The van der Waals surface area contributed by atoms with E-state index in [2.05, 4.69) is 9.97 Å². The molecule has 3 nitrogen and oxygen atoms in total. The van der Waals surface area contributed by atoms with Crippen molar-refractivity contribution in [2.45, 2.75) is 44.6 Å². The van der Waals surface area contributed by atoms with Crippen LogP contribution in [0.2, 0.25) is 0 Å². The van der Waals surface area contributed by atoms with Crippen molar-refractivity contribution in [2.24, 2.45) is 5.92 Å². The summed E-state index contributed by atoms with van der Waals surface area (Å²) in [5.74, 6) is -3.73. The van der Waals surface area contributed by atoms with E-state index in [4.69, 9.17) is 4.74 Å². The molecule has 2 atom stereocenters. The lowest BCUT2D eigenvalue weighted by atomic mass is 10.1. The number of halogens is 3. The SMILES string of the molecule is CCC(F)(F)CC1CC1c1nc(OCc2cccs2)ncc1F. The van der Waals surface area contributed by atoms with Gasteiger partial charge in [0.15, 0.2) is 5.82 Å². The van der Waals surface area contributed by atoms with E-state index < -0.39 is 11.7 Å². The average Bonchev–Trinajstić information content (AvgIpc) is 3.06. The van der Waals surface area contributed by atoms with Gasteiger partial charge in [0.1, 0.15) is 6.61 Å². The lowest BCUT2D eigenvalue weighted by Crippen LogP contribution is -2.15. The largest absolute Gasteiger partial charge is 0.458 e. The molecule has 0 amide bonds. The summed E-state index contributed by atoms with van der Waals surface area (Å²) in [6, 6.07) is 3.91. The van der Waals surface area contributed by atoms with Gasteiger partial charge in [-0.3, -0.25) is 0 Å². The van der Waals surface area contributed by atoms with Gasteiger partial charge in [-0.05, 0) is 23.8 Å². The second-order valence-electron chi connectivity index (χ2n) is 5.77. The molecule has 7 heteroatoms. The van der Waals surface area contributed by atoms with Crippen LogP contribution in [0.4, 0.5) is 13.2 Å². The van der Waals surface area contributed by atoms with Crippen LogP contribution in [0.15, 0.2) is 23.7 Å². The predicted octanol–water partition coefficient (Wildman–Crippen LogP) is 4.80. The van der Waals surface area contributed by atoms with Crippen LogP contribution in [-0.2, 0) is 6.61 Å². The Kier molecular flexibility index (Phi) is 4.57. The van der Waals surface area contributed by atoms with Crippen molar-refractivity contribution in [3.8, 4) is 6.01 Å². The van der Waals surface area contributed by atoms with Gasteiger partial charge in [-0.15, -0.1) is 11.3 Å². The van der Waals surface area contributed by atoms with Crippen LogP contribution in [0, 0.1) is 11.7 Å². The molecule has 0 aromatic carbocycles. The fourth-order valence-corrected chi connectivity index (χ4v) is 3.18. The Hall–Kier alpha value is -1.63. The molecule has 1 aliphatic carbocycles. The molecule has 0 saturated heterocycles. The second kappa shape index (κ2) is 6.47. The molecule has 1 saturated carbocycles. The molecule has 2 aromatic heterocycles. The lowest BCUT2D eigenvalue weighted by Gasteiger charge is -2.13. The van der Waals surface area contributed by atoms with E-state index >= 15 is 0 Å². The van der Waals surface area contributed by atoms with Crippen molar-refractivity contribution in [1.29, 1.82) is 0 Å². The average molecular weight is 342 g/mol. The van der Waals surface area contributed by atoms with Crippen molar-refractivity contribution in [3.05, 3.63) is 40.1 Å². The Balaban J connectivity index is 1.65. The molecule has 3 rings (SSSR count). The van der Waals surface area contributed by atoms with E-state index in [1.54, 1.807) is 0 Å². The van der Waals surface area contributed by atoms with Crippen LogP contribution in [0.5, 0.6) is 6.01 Å². The first-order chi connectivity index (χ1) is 11.0. The maximum atomic E-state index is 13.9.